The number of benzene rings is 2. The molecule has 0 spiro atoms. The lowest BCUT2D eigenvalue weighted by atomic mass is 10.0. The monoisotopic (exact) mass is 365 g/mol. The topological polar surface area (TPSA) is 43.9 Å². The van der Waals surface area contributed by atoms with Crippen LogP contribution in [-0.2, 0) is 6.54 Å². The Labute approximate surface area is 161 Å². The van der Waals surface area contributed by atoms with Crippen LogP contribution in [0.5, 0.6) is 0 Å². The first-order valence-electron chi connectivity index (χ1n) is 9.37. The van der Waals surface area contributed by atoms with Crippen LogP contribution in [0.2, 0.25) is 0 Å². The number of nitrogens with zero attached hydrogens (tertiary/aromatic N) is 3. The first kappa shape index (κ1) is 19.0. The van der Waals surface area contributed by atoms with Crippen molar-refractivity contribution in [3.8, 4) is 0 Å². The van der Waals surface area contributed by atoms with Crippen molar-refractivity contribution in [3.63, 3.8) is 0 Å². The summed E-state index contributed by atoms with van der Waals surface area (Å²) in [6.45, 7) is 7.43. The molecule has 0 unspecified atom stereocenters. The second-order valence-corrected chi connectivity index (χ2v) is 7.33. The highest BCUT2D eigenvalue weighted by atomic mass is 16.2. The molecule has 2 aromatic carbocycles. The predicted molar refractivity (Wildman–Crippen MR) is 110 cm³/mol. The molecule has 0 atom stereocenters. The summed E-state index contributed by atoms with van der Waals surface area (Å²) in [5, 5.41) is 0. The molecule has 27 heavy (non-hydrogen) atoms. The van der Waals surface area contributed by atoms with Gasteiger partial charge in [-0.2, -0.15) is 0 Å². The molecule has 1 heterocycles. The van der Waals surface area contributed by atoms with E-state index in [4.69, 9.17) is 0 Å². The van der Waals surface area contributed by atoms with Crippen molar-refractivity contribution in [1.29, 1.82) is 0 Å². The molecule has 2 aromatic rings. The number of hydrogen-bond acceptors (Lipinski definition) is 2. The van der Waals surface area contributed by atoms with Crippen LogP contribution < -0.4 is 9.80 Å². The number of anilines is 2. The van der Waals surface area contributed by atoms with Crippen molar-refractivity contribution in [3.05, 3.63) is 59.2 Å². The summed E-state index contributed by atoms with van der Waals surface area (Å²) in [6, 6.07) is 13.7. The van der Waals surface area contributed by atoms with Crippen LogP contribution in [-0.4, -0.2) is 37.5 Å². The molecule has 0 N–H and O–H groups in total. The standard InChI is InChI=1S/C22H27N3O2/c1-6-23(4)22(27)24(5)19-12-9-17-14-25(21(26)20(17)13-19)18-10-7-16(8-11-18)15(2)3/h7-13,15H,6,14H2,1-5H3. The van der Waals surface area contributed by atoms with Crippen LogP contribution in [0.25, 0.3) is 0 Å². The van der Waals surface area contributed by atoms with E-state index in [9.17, 15) is 9.59 Å². The highest BCUT2D eigenvalue weighted by Crippen LogP contribution is 2.31. The van der Waals surface area contributed by atoms with Gasteiger partial charge in [0.25, 0.3) is 5.91 Å². The van der Waals surface area contributed by atoms with Gasteiger partial charge in [0, 0.05) is 37.6 Å². The van der Waals surface area contributed by atoms with Gasteiger partial charge in [-0.1, -0.05) is 32.0 Å². The molecule has 5 heteroatoms. The van der Waals surface area contributed by atoms with Crippen LogP contribution in [0.4, 0.5) is 16.2 Å². The largest absolute Gasteiger partial charge is 0.328 e. The quantitative estimate of drug-likeness (QED) is 0.802. The minimum atomic E-state index is -0.0935. The third kappa shape index (κ3) is 3.54. The lowest BCUT2D eigenvalue weighted by Gasteiger charge is -2.24. The van der Waals surface area contributed by atoms with Gasteiger partial charge in [0.15, 0.2) is 0 Å². The summed E-state index contributed by atoms with van der Waals surface area (Å²) in [5.74, 6) is 0.441. The highest BCUT2D eigenvalue weighted by Gasteiger charge is 2.29. The minimum absolute atomic E-state index is 0.0196. The Morgan fingerprint density at radius 1 is 1.11 bits per heavy atom. The number of rotatable bonds is 4. The predicted octanol–water partition coefficient (Wildman–Crippen LogP) is 4.48. The Hall–Kier alpha value is -2.82. The van der Waals surface area contributed by atoms with E-state index in [0.29, 0.717) is 24.6 Å². The summed E-state index contributed by atoms with van der Waals surface area (Å²) >= 11 is 0. The maximum absolute atomic E-state index is 13.0. The van der Waals surface area contributed by atoms with Crippen LogP contribution in [0.1, 0.15) is 48.2 Å². The lowest BCUT2D eigenvalue weighted by molar-refractivity contribution is 0.0996. The Balaban J connectivity index is 1.84. The molecular weight excluding hydrogens is 338 g/mol. The Kier molecular flexibility index (Phi) is 5.22. The van der Waals surface area contributed by atoms with Gasteiger partial charge in [-0.05, 0) is 48.2 Å². The van der Waals surface area contributed by atoms with Gasteiger partial charge in [-0.15, -0.1) is 0 Å². The second kappa shape index (κ2) is 7.43. The SMILES string of the molecule is CCN(C)C(=O)N(C)c1ccc2c(c1)C(=O)N(c1ccc(C(C)C)cc1)C2. The number of amides is 3. The van der Waals surface area contributed by atoms with E-state index in [0.717, 1.165) is 16.9 Å². The van der Waals surface area contributed by atoms with Crippen molar-refractivity contribution >= 4 is 23.3 Å². The third-order valence-electron chi connectivity index (χ3n) is 5.24. The molecule has 0 radical (unpaired) electrons. The van der Waals surface area contributed by atoms with E-state index in [2.05, 4.69) is 26.0 Å². The first-order chi connectivity index (χ1) is 12.8. The van der Waals surface area contributed by atoms with E-state index in [1.54, 1.807) is 28.8 Å². The van der Waals surface area contributed by atoms with Gasteiger partial charge < -0.3 is 9.80 Å². The molecule has 0 aromatic heterocycles. The van der Waals surface area contributed by atoms with Crippen LogP contribution in [0.3, 0.4) is 0 Å². The zero-order chi connectivity index (χ0) is 19.7. The Morgan fingerprint density at radius 3 is 2.37 bits per heavy atom. The zero-order valence-electron chi connectivity index (χ0n) is 16.7. The maximum Gasteiger partial charge on any atom is 0.323 e. The van der Waals surface area contributed by atoms with E-state index < -0.39 is 0 Å². The summed E-state index contributed by atoms with van der Waals surface area (Å²) in [6.07, 6.45) is 0. The first-order valence-corrected chi connectivity index (χ1v) is 9.37. The molecule has 0 saturated carbocycles. The molecule has 0 saturated heterocycles. The summed E-state index contributed by atoms with van der Waals surface area (Å²) in [5.41, 5.74) is 4.53. The molecule has 142 valence electrons. The normalized spacial score (nSPS) is 13.1. The minimum Gasteiger partial charge on any atom is -0.328 e. The Bertz CT molecular complexity index is 858. The molecule has 0 aliphatic carbocycles. The van der Waals surface area contributed by atoms with Crippen molar-refractivity contribution in [2.75, 3.05) is 30.4 Å². The van der Waals surface area contributed by atoms with Gasteiger partial charge in [0.1, 0.15) is 0 Å². The van der Waals surface area contributed by atoms with Gasteiger partial charge in [-0.3, -0.25) is 9.69 Å². The molecule has 1 aliphatic heterocycles. The van der Waals surface area contributed by atoms with E-state index in [1.807, 2.05) is 37.3 Å². The maximum atomic E-state index is 13.0. The summed E-state index contributed by atoms with van der Waals surface area (Å²) < 4.78 is 0. The van der Waals surface area contributed by atoms with Gasteiger partial charge in [0.2, 0.25) is 0 Å². The summed E-state index contributed by atoms with van der Waals surface area (Å²) in [4.78, 5) is 30.4. The van der Waals surface area contributed by atoms with E-state index in [-0.39, 0.29) is 11.9 Å². The van der Waals surface area contributed by atoms with E-state index in [1.165, 1.54) is 5.56 Å². The molecule has 5 nitrogen and oxygen atoms in total. The van der Waals surface area contributed by atoms with Crippen molar-refractivity contribution in [1.82, 2.24) is 4.90 Å². The van der Waals surface area contributed by atoms with Crippen LogP contribution in [0, 0.1) is 0 Å². The molecule has 3 amide bonds. The fourth-order valence-electron chi connectivity index (χ4n) is 3.25. The lowest BCUT2D eigenvalue weighted by Crippen LogP contribution is -2.38. The Morgan fingerprint density at radius 2 is 1.78 bits per heavy atom. The molecule has 0 bridgehead atoms. The number of hydrogen-bond donors (Lipinski definition) is 0. The van der Waals surface area contributed by atoms with Crippen LogP contribution >= 0.6 is 0 Å². The van der Waals surface area contributed by atoms with Crippen molar-refractivity contribution in [2.45, 2.75) is 33.2 Å². The number of carbonyl (C=O) groups is 2. The number of carbonyl (C=O) groups excluding carboxylic acids is 2. The van der Waals surface area contributed by atoms with Gasteiger partial charge in [0.05, 0.1) is 6.54 Å². The van der Waals surface area contributed by atoms with Gasteiger partial charge >= 0.3 is 6.03 Å². The molecule has 1 aliphatic rings. The number of urea groups is 1. The average molecular weight is 365 g/mol. The van der Waals surface area contributed by atoms with Crippen LogP contribution in [0.15, 0.2) is 42.5 Å². The van der Waals surface area contributed by atoms with E-state index >= 15 is 0 Å². The smallest absolute Gasteiger partial charge is 0.323 e. The summed E-state index contributed by atoms with van der Waals surface area (Å²) in [7, 11) is 3.50. The third-order valence-corrected chi connectivity index (χ3v) is 5.24. The van der Waals surface area contributed by atoms with Crippen molar-refractivity contribution < 1.29 is 9.59 Å². The average Bonchev–Trinajstić information content (AvgIpc) is 3.02. The number of fused-ring (bicyclic) bond motifs is 1. The fourth-order valence-corrected chi connectivity index (χ4v) is 3.25. The van der Waals surface area contributed by atoms with Gasteiger partial charge in [-0.25, -0.2) is 4.79 Å². The highest BCUT2D eigenvalue weighted by molar-refractivity contribution is 6.11. The second-order valence-electron chi connectivity index (χ2n) is 7.33. The molecular formula is C22H27N3O2. The molecule has 3 rings (SSSR count). The molecule has 0 fully saturated rings. The fraction of sp³-hybridized carbons (Fsp3) is 0.364. The zero-order valence-corrected chi connectivity index (χ0v) is 16.7. The van der Waals surface area contributed by atoms with Crippen molar-refractivity contribution in [2.24, 2.45) is 0 Å².